The van der Waals surface area contributed by atoms with E-state index in [1.165, 1.54) is 7.11 Å². The Labute approximate surface area is 107 Å². The zero-order valence-electron chi connectivity index (χ0n) is 11.3. The van der Waals surface area contributed by atoms with Crippen molar-refractivity contribution in [2.45, 2.75) is 44.8 Å². The van der Waals surface area contributed by atoms with E-state index in [1.54, 1.807) is 20.8 Å². The molecule has 18 heavy (non-hydrogen) atoms. The Morgan fingerprint density at radius 2 is 1.89 bits per heavy atom. The highest BCUT2D eigenvalue weighted by Gasteiger charge is 2.53. The van der Waals surface area contributed by atoms with Crippen molar-refractivity contribution in [1.82, 2.24) is 5.32 Å². The molecule has 0 aromatic rings. The number of methoxy groups -OCH3 is 1. The number of amides is 1. The van der Waals surface area contributed by atoms with Crippen LogP contribution >= 0.6 is 0 Å². The van der Waals surface area contributed by atoms with Crippen LogP contribution in [0.25, 0.3) is 0 Å². The number of carboxylic acid groups (broad SMARTS) is 1. The van der Waals surface area contributed by atoms with Gasteiger partial charge in [-0.3, -0.25) is 0 Å². The fourth-order valence-corrected chi connectivity index (χ4v) is 1.84. The summed E-state index contributed by atoms with van der Waals surface area (Å²) in [6.45, 7) is 5.11. The Bertz CT molecular complexity index is 332. The van der Waals surface area contributed by atoms with Crippen molar-refractivity contribution in [3.05, 3.63) is 0 Å². The lowest BCUT2D eigenvalue weighted by molar-refractivity contribution is -0.148. The molecule has 0 radical (unpaired) electrons. The second-order valence-corrected chi connectivity index (χ2v) is 5.61. The second-order valence-electron chi connectivity index (χ2n) is 5.61. The van der Waals surface area contributed by atoms with Gasteiger partial charge in [0.15, 0.2) is 5.54 Å². The fourth-order valence-electron chi connectivity index (χ4n) is 1.84. The third kappa shape index (κ3) is 3.60. The predicted molar refractivity (Wildman–Crippen MR) is 64.3 cm³/mol. The third-order valence-corrected chi connectivity index (χ3v) is 2.75. The summed E-state index contributed by atoms with van der Waals surface area (Å²) < 4.78 is 10.0. The summed E-state index contributed by atoms with van der Waals surface area (Å²) in [6.07, 6.45) is 0.811. The Morgan fingerprint density at radius 3 is 2.22 bits per heavy atom. The van der Waals surface area contributed by atoms with Crippen LogP contribution in [-0.2, 0) is 14.3 Å². The number of carbonyl (C=O) groups is 2. The molecule has 1 amide bonds. The van der Waals surface area contributed by atoms with Crippen LogP contribution in [-0.4, -0.2) is 42.0 Å². The van der Waals surface area contributed by atoms with Gasteiger partial charge in [0.05, 0.1) is 6.61 Å². The Balaban J connectivity index is 2.78. The molecule has 6 heteroatoms. The summed E-state index contributed by atoms with van der Waals surface area (Å²) in [5.41, 5.74) is -2.04. The summed E-state index contributed by atoms with van der Waals surface area (Å²) in [7, 11) is 1.41. The summed E-state index contributed by atoms with van der Waals surface area (Å²) >= 11 is 0. The average Bonchev–Trinajstić information content (AvgIpc) is 2.96. The smallest absolute Gasteiger partial charge is 0.408 e. The molecule has 1 aliphatic rings. The van der Waals surface area contributed by atoms with Crippen molar-refractivity contribution >= 4 is 12.1 Å². The molecular formula is C12H21NO5. The maximum Gasteiger partial charge on any atom is 0.408 e. The predicted octanol–water partition coefficient (Wildman–Crippen LogP) is 1.39. The molecule has 1 saturated carbocycles. The molecule has 0 saturated heterocycles. The van der Waals surface area contributed by atoms with Crippen molar-refractivity contribution < 1.29 is 24.2 Å². The molecule has 1 aliphatic carbocycles. The number of hydrogen-bond acceptors (Lipinski definition) is 4. The lowest BCUT2D eigenvalue weighted by atomic mass is 9.94. The van der Waals surface area contributed by atoms with Gasteiger partial charge in [-0.15, -0.1) is 0 Å². The summed E-state index contributed by atoms with van der Waals surface area (Å²) in [4.78, 5) is 23.2. The van der Waals surface area contributed by atoms with Crippen molar-refractivity contribution in [3.63, 3.8) is 0 Å². The number of carboxylic acids is 1. The monoisotopic (exact) mass is 259 g/mol. The molecule has 0 heterocycles. The minimum absolute atomic E-state index is 0.0633. The van der Waals surface area contributed by atoms with Gasteiger partial charge in [-0.25, -0.2) is 9.59 Å². The summed E-state index contributed by atoms with van der Waals surface area (Å²) in [5, 5.41) is 11.8. The molecule has 6 nitrogen and oxygen atoms in total. The van der Waals surface area contributed by atoms with Crippen LogP contribution in [0, 0.1) is 5.92 Å². The second kappa shape index (κ2) is 5.14. The number of ether oxygens (including phenoxy) is 2. The quantitative estimate of drug-likeness (QED) is 0.779. The first-order valence-corrected chi connectivity index (χ1v) is 5.95. The number of rotatable bonds is 5. The normalized spacial score (nSPS) is 18.9. The largest absolute Gasteiger partial charge is 0.479 e. The standard InChI is InChI=1S/C12H21NO5/c1-11(2,3)18-10(16)13-12(7-17-4,9(14)15)8-5-6-8/h8H,5-7H2,1-4H3,(H,13,16)(H,14,15). The van der Waals surface area contributed by atoms with Crippen molar-refractivity contribution in [2.24, 2.45) is 5.92 Å². The van der Waals surface area contributed by atoms with E-state index in [1.807, 2.05) is 0 Å². The molecule has 1 fully saturated rings. The SMILES string of the molecule is COCC(NC(=O)OC(C)(C)C)(C(=O)O)C1CC1. The van der Waals surface area contributed by atoms with Crippen LogP contribution in [0.15, 0.2) is 0 Å². The minimum Gasteiger partial charge on any atom is -0.479 e. The molecule has 0 aromatic heterocycles. The maximum atomic E-state index is 11.7. The topological polar surface area (TPSA) is 84.9 Å². The molecule has 0 aromatic carbocycles. The summed E-state index contributed by atoms with van der Waals surface area (Å²) in [6, 6.07) is 0. The maximum absolute atomic E-state index is 11.7. The van der Waals surface area contributed by atoms with E-state index >= 15 is 0 Å². The molecule has 0 bridgehead atoms. The van der Waals surface area contributed by atoms with Crippen LogP contribution in [0.1, 0.15) is 33.6 Å². The number of nitrogens with one attached hydrogen (secondary N) is 1. The van der Waals surface area contributed by atoms with Crippen LogP contribution in [0.5, 0.6) is 0 Å². The van der Waals surface area contributed by atoms with E-state index in [4.69, 9.17) is 9.47 Å². The van der Waals surface area contributed by atoms with E-state index in [0.717, 1.165) is 12.8 Å². The van der Waals surface area contributed by atoms with Crippen molar-refractivity contribution in [1.29, 1.82) is 0 Å². The minimum atomic E-state index is -1.38. The number of aliphatic carboxylic acids is 1. The number of hydrogen-bond donors (Lipinski definition) is 2. The van der Waals surface area contributed by atoms with Gasteiger partial charge >= 0.3 is 12.1 Å². The molecular weight excluding hydrogens is 238 g/mol. The molecule has 0 aliphatic heterocycles. The zero-order valence-corrected chi connectivity index (χ0v) is 11.3. The van der Waals surface area contributed by atoms with E-state index in [-0.39, 0.29) is 12.5 Å². The molecule has 104 valence electrons. The molecule has 1 unspecified atom stereocenters. The van der Waals surface area contributed by atoms with Crippen LogP contribution in [0.3, 0.4) is 0 Å². The van der Waals surface area contributed by atoms with Gasteiger partial charge in [0, 0.05) is 7.11 Å². The van der Waals surface area contributed by atoms with Gasteiger partial charge in [-0.05, 0) is 39.5 Å². The molecule has 2 N–H and O–H groups in total. The average molecular weight is 259 g/mol. The van der Waals surface area contributed by atoms with E-state index in [0.29, 0.717) is 0 Å². The van der Waals surface area contributed by atoms with E-state index in [9.17, 15) is 14.7 Å². The van der Waals surface area contributed by atoms with Crippen molar-refractivity contribution in [2.75, 3.05) is 13.7 Å². The van der Waals surface area contributed by atoms with Gasteiger partial charge in [-0.2, -0.15) is 0 Å². The van der Waals surface area contributed by atoms with Gasteiger partial charge in [0.1, 0.15) is 5.60 Å². The lowest BCUT2D eigenvalue weighted by Gasteiger charge is -2.31. The first-order chi connectivity index (χ1) is 8.21. The lowest BCUT2D eigenvalue weighted by Crippen LogP contribution is -2.60. The highest BCUT2D eigenvalue weighted by atomic mass is 16.6. The highest BCUT2D eigenvalue weighted by Crippen LogP contribution is 2.40. The number of carbonyl (C=O) groups excluding carboxylic acids is 1. The highest BCUT2D eigenvalue weighted by molar-refractivity contribution is 5.85. The Kier molecular flexibility index (Phi) is 4.21. The first kappa shape index (κ1) is 14.8. The van der Waals surface area contributed by atoms with Crippen LogP contribution in [0.2, 0.25) is 0 Å². The van der Waals surface area contributed by atoms with E-state index in [2.05, 4.69) is 5.32 Å². The third-order valence-electron chi connectivity index (χ3n) is 2.75. The fraction of sp³-hybridized carbons (Fsp3) is 0.833. The molecule has 1 atom stereocenters. The Hall–Kier alpha value is -1.30. The molecule has 0 spiro atoms. The number of alkyl carbamates (subject to hydrolysis) is 1. The Morgan fingerprint density at radius 1 is 1.33 bits per heavy atom. The van der Waals surface area contributed by atoms with Gasteiger partial charge in [0.25, 0.3) is 0 Å². The van der Waals surface area contributed by atoms with Gasteiger partial charge in [-0.1, -0.05) is 0 Å². The van der Waals surface area contributed by atoms with E-state index < -0.39 is 23.2 Å². The van der Waals surface area contributed by atoms with Crippen molar-refractivity contribution in [3.8, 4) is 0 Å². The molecule has 1 rings (SSSR count). The van der Waals surface area contributed by atoms with Crippen LogP contribution < -0.4 is 5.32 Å². The first-order valence-electron chi connectivity index (χ1n) is 5.95. The zero-order chi connectivity index (χ0) is 14.0. The summed E-state index contributed by atoms with van der Waals surface area (Å²) in [5.74, 6) is -1.18. The van der Waals surface area contributed by atoms with Gasteiger partial charge in [0.2, 0.25) is 0 Å². The van der Waals surface area contributed by atoms with Crippen LogP contribution in [0.4, 0.5) is 4.79 Å². The van der Waals surface area contributed by atoms with Gasteiger partial charge < -0.3 is 19.9 Å².